The van der Waals surface area contributed by atoms with Crippen molar-refractivity contribution in [2.75, 3.05) is 13.2 Å². The molecule has 0 heterocycles. The maximum atomic E-state index is 9.63. The van der Waals surface area contributed by atoms with Crippen LogP contribution in [0.1, 0.15) is 155 Å². The van der Waals surface area contributed by atoms with Gasteiger partial charge in [-0.05, 0) is 12.8 Å². The molecule has 0 aliphatic rings. The minimum Gasteiger partial charge on any atom is -0.381 e. The number of hydrogen-bond acceptors (Lipinski definition) is 4. The lowest BCUT2D eigenvalue weighted by Gasteiger charge is -2.05. The van der Waals surface area contributed by atoms with E-state index in [0.717, 1.165) is 13.2 Å². The first-order valence-electron chi connectivity index (χ1n) is 14.5. The Morgan fingerprint density at radius 1 is 0.417 bits per heavy atom. The van der Waals surface area contributed by atoms with Crippen molar-refractivity contribution in [1.29, 1.82) is 0 Å². The summed E-state index contributed by atoms with van der Waals surface area (Å²) >= 11 is 0. The van der Waals surface area contributed by atoms with Crippen LogP contribution in [0.5, 0.6) is 0 Å². The van der Waals surface area contributed by atoms with Crippen molar-refractivity contribution in [3.8, 4) is 0 Å². The summed E-state index contributed by atoms with van der Waals surface area (Å²) in [4.78, 5) is 31.0. The zero-order valence-electron chi connectivity index (χ0n) is 23.3. The number of ether oxygens (including phenoxy) is 1. The van der Waals surface area contributed by atoms with Gasteiger partial charge in [0.25, 0.3) is 0 Å². The Morgan fingerprint density at radius 2 is 0.639 bits per heavy atom. The third-order valence-electron chi connectivity index (χ3n) is 6.00. The lowest BCUT2D eigenvalue weighted by atomic mass is 10.1. The predicted octanol–water partition coefficient (Wildman–Crippen LogP) is 8.81. The summed E-state index contributed by atoms with van der Waals surface area (Å²) in [5.74, 6) is 0. The van der Waals surface area contributed by atoms with Gasteiger partial charge in [-0.15, -0.1) is 0 Å². The van der Waals surface area contributed by atoms with Crippen LogP contribution < -0.4 is 0 Å². The van der Waals surface area contributed by atoms with Gasteiger partial charge in [0.15, 0.2) is 0 Å². The van der Waals surface area contributed by atoms with E-state index in [2.05, 4.69) is 18.2 Å². The molecule has 0 unspecified atom stereocenters. The second kappa shape index (κ2) is 28.2. The summed E-state index contributed by atoms with van der Waals surface area (Å²) in [5, 5.41) is 0. The molecular formula is C26H58O8P2. The Hall–Kier alpha value is 0.220. The van der Waals surface area contributed by atoms with Crippen LogP contribution in [0.15, 0.2) is 0 Å². The molecule has 0 aromatic carbocycles. The molecule has 0 saturated heterocycles. The highest BCUT2D eigenvalue weighted by Crippen LogP contribution is 2.53. The minimum atomic E-state index is -5.05. The fourth-order valence-corrected chi connectivity index (χ4v) is 5.09. The van der Waals surface area contributed by atoms with Gasteiger partial charge in [0.05, 0.1) is 0 Å². The first-order valence-corrected chi connectivity index (χ1v) is 17.6. The first kappa shape index (κ1) is 38.4. The molecule has 36 heavy (non-hydrogen) atoms. The quantitative estimate of drug-likeness (QED) is 0.0609. The average Bonchev–Trinajstić information content (AvgIpc) is 2.77. The van der Waals surface area contributed by atoms with E-state index in [1.165, 1.54) is 141 Å². The second-order valence-electron chi connectivity index (χ2n) is 9.75. The Morgan fingerprint density at radius 3 is 0.833 bits per heavy atom. The van der Waals surface area contributed by atoms with E-state index in [9.17, 15) is 9.13 Å². The number of rotatable bonds is 26. The Labute approximate surface area is 221 Å². The molecule has 0 aliphatic heterocycles. The molecule has 4 N–H and O–H groups in total. The van der Waals surface area contributed by atoms with Gasteiger partial charge in [-0.2, -0.15) is 4.31 Å². The number of unbranched alkanes of at least 4 members (excludes halogenated alkanes) is 20. The highest BCUT2D eigenvalue weighted by atomic mass is 31.3. The molecule has 0 aromatic rings. The van der Waals surface area contributed by atoms with E-state index in [0.29, 0.717) is 0 Å². The summed E-state index contributed by atoms with van der Waals surface area (Å²) in [5.41, 5.74) is 0. The summed E-state index contributed by atoms with van der Waals surface area (Å²) in [7, 11) is -10.1. The van der Waals surface area contributed by atoms with Crippen LogP contribution >= 0.6 is 15.6 Å². The molecule has 0 spiro atoms. The molecule has 0 radical (unpaired) electrons. The van der Waals surface area contributed by atoms with Crippen LogP contribution in [0, 0.1) is 0 Å². The van der Waals surface area contributed by atoms with E-state index in [1.54, 1.807) is 0 Å². The van der Waals surface area contributed by atoms with Gasteiger partial charge >= 0.3 is 15.6 Å². The smallest absolute Gasteiger partial charge is 0.381 e. The lowest BCUT2D eigenvalue weighted by molar-refractivity contribution is 0.125. The van der Waals surface area contributed by atoms with Crippen molar-refractivity contribution in [3.05, 3.63) is 0 Å². The molecule has 10 heteroatoms. The summed E-state index contributed by atoms with van der Waals surface area (Å²) < 4.78 is 28.0. The standard InChI is InChI=1S/C26H54O.H4O7P2/c1-3-5-7-9-11-13-15-17-19-21-23-25-27-26-24-22-20-18-16-14-12-10-8-6-4-2;1-8(2,3)7-9(4,5)6/h3-26H2,1-2H3;(H2,1,2,3)(H2,4,5,6). The van der Waals surface area contributed by atoms with Crippen molar-refractivity contribution in [3.63, 3.8) is 0 Å². The molecule has 220 valence electrons. The molecule has 0 amide bonds. The van der Waals surface area contributed by atoms with Crippen LogP contribution in [-0.4, -0.2) is 32.8 Å². The molecule has 0 atom stereocenters. The zero-order chi connectivity index (χ0) is 27.4. The highest BCUT2D eigenvalue weighted by Gasteiger charge is 2.27. The van der Waals surface area contributed by atoms with Gasteiger partial charge in [0, 0.05) is 13.2 Å². The number of hydrogen-bond donors (Lipinski definition) is 4. The third-order valence-corrected chi connectivity index (χ3v) is 7.70. The molecule has 0 rings (SSSR count). The SMILES string of the molecule is CCCCCCCCCCCCCOCCCCCCCCCCCCC.O=P(O)(O)OP(=O)(O)O. The Kier molecular flexibility index (Phi) is 30.1. The minimum absolute atomic E-state index is 0.995. The van der Waals surface area contributed by atoms with Crippen LogP contribution in [-0.2, 0) is 18.2 Å². The monoisotopic (exact) mass is 560 g/mol. The van der Waals surface area contributed by atoms with Crippen molar-refractivity contribution in [2.45, 2.75) is 155 Å². The van der Waals surface area contributed by atoms with Gasteiger partial charge < -0.3 is 24.3 Å². The number of phosphoric acid groups is 2. The van der Waals surface area contributed by atoms with Crippen LogP contribution in [0.3, 0.4) is 0 Å². The Balaban J connectivity index is 0. The average molecular weight is 561 g/mol. The maximum Gasteiger partial charge on any atom is 0.478 e. The van der Waals surface area contributed by atoms with E-state index in [4.69, 9.17) is 24.3 Å². The molecular weight excluding hydrogens is 502 g/mol. The normalized spacial score (nSPS) is 11.9. The lowest BCUT2D eigenvalue weighted by Crippen LogP contribution is -1.97. The molecule has 0 fully saturated rings. The second-order valence-corrected chi connectivity index (χ2v) is 12.4. The molecule has 0 aromatic heterocycles. The van der Waals surface area contributed by atoms with Crippen LogP contribution in [0.4, 0.5) is 0 Å². The van der Waals surface area contributed by atoms with Gasteiger partial charge in [0.2, 0.25) is 0 Å². The summed E-state index contributed by atoms with van der Waals surface area (Å²) in [6.07, 6.45) is 31.1. The molecule has 8 nitrogen and oxygen atoms in total. The molecule has 0 saturated carbocycles. The largest absolute Gasteiger partial charge is 0.478 e. The maximum absolute atomic E-state index is 9.63. The van der Waals surface area contributed by atoms with E-state index >= 15 is 0 Å². The predicted molar refractivity (Wildman–Crippen MR) is 149 cm³/mol. The van der Waals surface area contributed by atoms with Crippen LogP contribution in [0.25, 0.3) is 0 Å². The van der Waals surface area contributed by atoms with E-state index in [1.807, 2.05) is 0 Å². The third kappa shape index (κ3) is 41.4. The van der Waals surface area contributed by atoms with Gasteiger partial charge in [0.1, 0.15) is 0 Å². The highest BCUT2D eigenvalue weighted by molar-refractivity contribution is 7.60. The van der Waals surface area contributed by atoms with Gasteiger partial charge in [-0.25, -0.2) is 9.13 Å². The zero-order valence-corrected chi connectivity index (χ0v) is 25.1. The van der Waals surface area contributed by atoms with Gasteiger partial charge in [-0.3, -0.25) is 0 Å². The van der Waals surface area contributed by atoms with Crippen molar-refractivity contribution >= 4 is 15.6 Å². The summed E-state index contributed by atoms with van der Waals surface area (Å²) in [6, 6.07) is 0. The van der Waals surface area contributed by atoms with Crippen molar-refractivity contribution < 1.29 is 37.8 Å². The topological polar surface area (TPSA) is 134 Å². The first-order chi connectivity index (χ1) is 17.1. The molecule has 0 bridgehead atoms. The van der Waals surface area contributed by atoms with Gasteiger partial charge in [-0.1, -0.05) is 142 Å². The fraction of sp³-hybridized carbons (Fsp3) is 1.00. The van der Waals surface area contributed by atoms with E-state index < -0.39 is 15.6 Å². The molecule has 0 aliphatic carbocycles. The van der Waals surface area contributed by atoms with Crippen LogP contribution in [0.2, 0.25) is 0 Å². The fourth-order valence-electron chi connectivity index (χ4n) is 3.98. The summed E-state index contributed by atoms with van der Waals surface area (Å²) in [6.45, 7) is 6.58. The van der Waals surface area contributed by atoms with Crippen molar-refractivity contribution in [2.24, 2.45) is 0 Å². The van der Waals surface area contributed by atoms with E-state index in [-0.39, 0.29) is 0 Å². The Bertz CT molecular complexity index is 478. The van der Waals surface area contributed by atoms with Crippen molar-refractivity contribution in [1.82, 2.24) is 0 Å².